The van der Waals surface area contributed by atoms with Gasteiger partial charge in [-0.2, -0.15) is 0 Å². The predicted molar refractivity (Wildman–Crippen MR) is 98.7 cm³/mol. The molecule has 0 aliphatic carbocycles. The van der Waals surface area contributed by atoms with Crippen molar-refractivity contribution >= 4 is 25.8 Å². The number of hydrogen-bond acceptors (Lipinski definition) is 5. The third-order valence-corrected chi connectivity index (χ3v) is 5.49. The summed E-state index contributed by atoms with van der Waals surface area (Å²) < 4.78 is 45.1. The fraction of sp³-hybridized carbons (Fsp3) is 0.235. The summed E-state index contributed by atoms with van der Waals surface area (Å²) >= 11 is 0. The van der Waals surface area contributed by atoms with E-state index in [9.17, 15) is 21.6 Å². The van der Waals surface area contributed by atoms with E-state index >= 15 is 0 Å². The molecule has 3 N–H and O–H groups in total. The van der Waals surface area contributed by atoms with Crippen LogP contribution >= 0.6 is 0 Å². The molecule has 0 aliphatic rings. The monoisotopic (exact) mass is 396 g/mol. The molecule has 140 valence electrons. The zero-order valence-corrected chi connectivity index (χ0v) is 16.0. The van der Waals surface area contributed by atoms with Gasteiger partial charge in [-0.25, -0.2) is 22.0 Å². The molecule has 0 spiro atoms. The van der Waals surface area contributed by atoms with Crippen molar-refractivity contribution in [3.05, 3.63) is 65.2 Å². The topological polar surface area (TPSA) is 123 Å². The summed E-state index contributed by atoms with van der Waals surface area (Å²) in [6.45, 7) is 1.77. The van der Waals surface area contributed by atoms with Gasteiger partial charge in [-0.05, 0) is 42.3 Å². The molecule has 0 saturated heterocycles. The quantitative estimate of drug-likeness (QED) is 0.763. The minimum atomic E-state index is -3.76. The summed E-state index contributed by atoms with van der Waals surface area (Å²) in [7, 11) is -6.89. The Morgan fingerprint density at radius 3 is 2.00 bits per heavy atom. The second-order valence-electron chi connectivity index (χ2n) is 6.08. The summed E-state index contributed by atoms with van der Waals surface area (Å²) in [5.74, 6) is -0.402. The van der Waals surface area contributed by atoms with Gasteiger partial charge in [0.15, 0.2) is 9.84 Å². The number of sulfonamides is 1. The Balaban J connectivity index is 2.07. The molecule has 0 radical (unpaired) electrons. The fourth-order valence-electron chi connectivity index (χ4n) is 2.36. The first kappa shape index (κ1) is 20.1. The second-order valence-corrected chi connectivity index (χ2v) is 9.78. The van der Waals surface area contributed by atoms with E-state index in [1.54, 1.807) is 43.3 Å². The third-order valence-electron chi connectivity index (χ3n) is 3.70. The Morgan fingerprint density at radius 1 is 1.00 bits per heavy atom. The van der Waals surface area contributed by atoms with Gasteiger partial charge in [0.2, 0.25) is 10.0 Å². The highest BCUT2D eigenvalue weighted by Crippen LogP contribution is 2.16. The first-order valence-electron chi connectivity index (χ1n) is 7.66. The molecule has 2 rings (SSSR count). The summed E-state index contributed by atoms with van der Waals surface area (Å²) in [5.41, 5.74) is 1.73. The molecule has 0 aliphatic heterocycles. The summed E-state index contributed by atoms with van der Waals surface area (Å²) in [6.07, 6.45) is 1.15. The maximum Gasteiger partial charge on any atom is 0.251 e. The molecular formula is C17H20N2O5S2. The Bertz CT molecular complexity index is 996. The van der Waals surface area contributed by atoms with Crippen molar-refractivity contribution in [2.45, 2.75) is 23.6 Å². The van der Waals surface area contributed by atoms with E-state index in [4.69, 9.17) is 5.14 Å². The number of carbonyl (C=O) groups excluding carboxylic acids is 1. The van der Waals surface area contributed by atoms with Crippen molar-refractivity contribution in [3.63, 3.8) is 0 Å². The second kappa shape index (κ2) is 7.56. The Morgan fingerprint density at radius 2 is 1.54 bits per heavy atom. The van der Waals surface area contributed by atoms with Gasteiger partial charge < -0.3 is 5.32 Å². The highest BCUT2D eigenvalue weighted by molar-refractivity contribution is 7.90. The number of rotatable bonds is 6. The van der Waals surface area contributed by atoms with E-state index in [1.807, 2.05) is 0 Å². The van der Waals surface area contributed by atoms with E-state index in [0.29, 0.717) is 11.1 Å². The molecule has 1 amide bonds. The zero-order chi connectivity index (χ0) is 19.5. The Hall–Kier alpha value is -2.23. The number of primary sulfonamides is 1. The first-order valence-corrected chi connectivity index (χ1v) is 11.3. The number of carbonyl (C=O) groups is 1. The maximum atomic E-state index is 12.3. The largest absolute Gasteiger partial charge is 0.346 e. The average Bonchev–Trinajstić information content (AvgIpc) is 2.53. The fourth-order valence-corrected chi connectivity index (χ4v) is 3.68. The standard InChI is InChI=1S/C17H20N2O5S2/c1-12(14-7-9-16(10-8-14)26(18,23)24)19-17(20)15-5-3-13(4-6-15)11-25(2,21)22/h3-10,12H,11H2,1-2H3,(H,19,20)(H2,18,23,24)/t12-/m0/s1. The van der Waals surface area contributed by atoms with Gasteiger partial charge in [0, 0.05) is 11.8 Å². The van der Waals surface area contributed by atoms with Crippen LogP contribution in [0.25, 0.3) is 0 Å². The van der Waals surface area contributed by atoms with Crippen molar-refractivity contribution < 1.29 is 21.6 Å². The van der Waals surface area contributed by atoms with Crippen LogP contribution in [-0.4, -0.2) is 29.0 Å². The van der Waals surface area contributed by atoms with Gasteiger partial charge in [0.25, 0.3) is 5.91 Å². The number of amides is 1. The van der Waals surface area contributed by atoms with Crippen molar-refractivity contribution in [1.82, 2.24) is 5.32 Å². The zero-order valence-electron chi connectivity index (χ0n) is 14.3. The Kier molecular flexibility index (Phi) is 5.84. The van der Waals surface area contributed by atoms with Crippen LogP contribution in [0.5, 0.6) is 0 Å². The number of benzene rings is 2. The molecule has 0 unspecified atom stereocenters. The van der Waals surface area contributed by atoms with Crippen molar-refractivity contribution in [1.29, 1.82) is 0 Å². The van der Waals surface area contributed by atoms with Gasteiger partial charge in [0.05, 0.1) is 16.7 Å². The van der Waals surface area contributed by atoms with E-state index in [-0.39, 0.29) is 22.6 Å². The number of sulfone groups is 1. The minimum absolute atomic E-state index is 0.00115. The van der Waals surface area contributed by atoms with E-state index < -0.39 is 19.9 Å². The molecule has 2 aromatic carbocycles. The molecule has 0 heterocycles. The van der Waals surface area contributed by atoms with Gasteiger partial charge in [-0.15, -0.1) is 0 Å². The van der Waals surface area contributed by atoms with E-state index in [2.05, 4.69) is 5.32 Å². The molecule has 26 heavy (non-hydrogen) atoms. The molecule has 0 bridgehead atoms. The highest BCUT2D eigenvalue weighted by atomic mass is 32.2. The predicted octanol–water partition coefficient (Wildman–Crippen LogP) is 1.37. The smallest absolute Gasteiger partial charge is 0.251 e. The SMILES string of the molecule is C[C@H](NC(=O)c1ccc(CS(C)(=O)=O)cc1)c1ccc(S(N)(=O)=O)cc1. The van der Waals surface area contributed by atoms with Gasteiger partial charge in [-0.1, -0.05) is 24.3 Å². The molecule has 1 atom stereocenters. The van der Waals surface area contributed by atoms with Gasteiger partial charge in [-0.3, -0.25) is 4.79 Å². The molecule has 2 aromatic rings. The van der Waals surface area contributed by atoms with Crippen LogP contribution in [0, 0.1) is 0 Å². The van der Waals surface area contributed by atoms with E-state index in [0.717, 1.165) is 11.8 Å². The maximum absolute atomic E-state index is 12.3. The summed E-state index contributed by atoms with van der Waals surface area (Å²) in [4.78, 5) is 12.3. The lowest BCUT2D eigenvalue weighted by atomic mass is 10.1. The van der Waals surface area contributed by atoms with Crippen LogP contribution in [0.4, 0.5) is 0 Å². The van der Waals surface area contributed by atoms with Crippen LogP contribution < -0.4 is 10.5 Å². The van der Waals surface area contributed by atoms with Gasteiger partial charge >= 0.3 is 0 Å². The van der Waals surface area contributed by atoms with Crippen LogP contribution in [-0.2, 0) is 25.6 Å². The summed E-state index contributed by atoms with van der Waals surface area (Å²) in [5, 5.41) is 7.86. The van der Waals surface area contributed by atoms with Crippen molar-refractivity contribution in [2.75, 3.05) is 6.26 Å². The third kappa shape index (κ3) is 5.65. The normalized spacial score (nSPS) is 13.2. The van der Waals surface area contributed by atoms with Crippen molar-refractivity contribution in [3.8, 4) is 0 Å². The Labute approximate surface area is 153 Å². The molecule has 0 aromatic heterocycles. The minimum Gasteiger partial charge on any atom is -0.346 e. The number of hydrogen-bond donors (Lipinski definition) is 2. The first-order chi connectivity index (χ1) is 12.0. The van der Waals surface area contributed by atoms with Crippen LogP contribution in [0.2, 0.25) is 0 Å². The van der Waals surface area contributed by atoms with Crippen LogP contribution in [0.3, 0.4) is 0 Å². The lowest BCUT2D eigenvalue weighted by molar-refractivity contribution is 0.0940. The highest BCUT2D eigenvalue weighted by Gasteiger charge is 2.14. The van der Waals surface area contributed by atoms with Crippen LogP contribution in [0.15, 0.2) is 53.4 Å². The van der Waals surface area contributed by atoms with Gasteiger partial charge in [0.1, 0.15) is 0 Å². The molecule has 9 heteroatoms. The van der Waals surface area contributed by atoms with E-state index in [1.165, 1.54) is 12.1 Å². The van der Waals surface area contributed by atoms with Crippen molar-refractivity contribution in [2.24, 2.45) is 5.14 Å². The number of nitrogens with one attached hydrogen (secondary N) is 1. The molecule has 0 fully saturated rings. The lowest BCUT2D eigenvalue weighted by Crippen LogP contribution is -2.26. The molecule has 7 nitrogen and oxygen atoms in total. The molecular weight excluding hydrogens is 376 g/mol. The number of nitrogens with two attached hydrogens (primary N) is 1. The average molecular weight is 396 g/mol. The van der Waals surface area contributed by atoms with Crippen LogP contribution in [0.1, 0.15) is 34.5 Å². The summed E-state index contributed by atoms with van der Waals surface area (Å²) in [6, 6.07) is 11.9. The lowest BCUT2D eigenvalue weighted by Gasteiger charge is -2.15. The molecule has 0 saturated carbocycles.